The topological polar surface area (TPSA) is 50.4 Å². The van der Waals surface area contributed by atoms with Crippen molar-refractivity contribution in [1.29, 1.82) is 0 Å². The molecule has 2 N–H and O–H groups in total. The first-order valence-electron chi connectivity index (χ1n) is 7.92. The molecule has 1 fully saturated rings. The fourth-order valence-electron chi connectivity index (χ4n) is 2.77. The van der Waals surface area contributed by atoms with Crippen molar-refractivity contribution >= 4 is 29.3 Å². The molecule has 0 heterocycles. The van der Waals surface area contributed by atoms with Gasteiger partial charge in [0.05, 0.1) is 0 Å². The number of rotatable bonds is 4. The van der Waals surface area contributed by atoms with Gasteiger partial charge in [-0.15, -0.1) is 0 Å². The van der Waals surface area contributed by atoms with Crippen LogP contribution in [-0.4, -0.2) is 23.8 Å². The average Bonchev–Trinajstić information content (AvgIpc) is 2.83. The van der Waals surface area contributed by atoms with E-state index in [-0.39, 0.29) is 18.2 Å². The zero-order valence-electron chi connectivity index (χ0n) is 13.8. The summed E-state index contributed by atoms with van der Waals surface area (Å²) in [6.07, 6.45) is 2.64. The van der Waals surface area contributed by atoms with E-state index in [9.17, 15) is 4.79 Å². The van der Waals surface area contributed by atoms with Gasteiger partial charge in [-0.2, -0.15) is 0 Å². The number of amides is 1. The van der Waals surface area contributed by atoms with Crippen LogP contribution in [0, 0.1) is 0 Å². The van der Waals surface area contributed by atoms with Crippen LogP contribution in [0.2, 0.25) is 10.0 Å². The van der Waals surface area contributed by atoms with Crippen LogP contribution in [0.25, 0.3) is 0 Å². The van der Waals surface area contributed by atoms with Gasteiger partial charge in [0.15, 0.2) is 0 Å². The third-order valence-corrected chi connectivity index (χ3v) is 4.53. The average molecular weight is 359 g/mol. The van der Waals surface area contributed by atoms with Crippen LogP contribution in [-0.2, 0) is 11.3 Å². The molecule has 0 aliphatic heterocycles. The van der Waals surface area contributed by atoms with E-state index >= 15 is 0 Å². The second kappa shape index (κ2) is 7.73. The maximum Gasteiger partial charge on any atom is 0.407 e. The van der Waals surface area contributed by atoms with Crippen LogP contribution in [0.1, 0.15) is 45.6 Å². The molecule has 0 radical (unpaired) electrons. The first kappa shape index (κ1) is 18.4. The molecule has 23 heavy (non-hydrogen) atoms. The van der Waals surface area contributed by atoms with Gasteiger partial charge in [-0.1, -0.05) is 29.3 Å². The number of hydrogen-bond acceptors (Lipinski definition) is 3. The number of nitrogens with one attached hydrogen (secondary N) is 2. The molecule has 2 unspecified atom stereocenters. The summed E-state index contributed by atoms with van der Waals surface area (Å²) in [4.78, 5) is 11.9. The summed E-state index contributed by atoms with van der Waals surface area (Å²) in [6, 6.07) is 5.74. The van der Waals surface area contributed by atoms with Crippen LogP contribution in [0.15, 0.2) is 18.2 Å². The van der Waals surface area contributed by atoms with Crippen molar-refractivity contribution in [2.45, 2.75) is 64.3 Å². The van der Waals surface area contributed by atoms with E-state index in [1.807, 2.05) is 39.0 Å². The number of carbonyl (C=O) groups is 1. The summed E-state index contributed by atoms with van der Waals surface area (Å²) in [5, 5.41) is 7.72. The van der Waals surface area contributed by atoms with Gasteiger partial charge in [0.2, 0.25) is 0 Å². The van der Waals surface area contributed by atoms with Gasteiger partial charge in [0.1, 0.15) is 5.60 Å². The summed E-state index contributed by atoms with van der Waals surface area (Å²) in [6.45, 7) is 6.15. The van der Waals surface area contributed by atoms with Crippen molar-refractivity contribution in [3.05, 3.63) is 33.8 Å². The lowest BCUT2D eigenvalue weighted by molar-refractivity contribution is 0.0498. The monoisotopic (exact) mass is 358 g/mol. The van der Waals surface area contributed by atoms with E-state index < -0.39 is 5.60 Å². The second-order valence-electron chi connectivity index (χ2n) is 6.87. The highest BCUT2D eigenvalue weighted by Crippen LogP contribution is 2.26. The molecule has 1 aliphatic rings. The number of hydrogen-bond donors (Lipinski definition) is 2. The summed E-state index contributed by atoms with van der Waals surface area (Å²) in [7, 11) is 0. The lowest BCUT2D eigenvalue weighted by atomic mass is 10.1. The zero-order chi connectivity index (χ0) is 17.0. The van der Waals surface area contributed by atoms with Gasteiger partial charge < -0.3 is 15.4 Å². The number of ether oxygens (including phenoxy) is 1. The molecule has 0 aromatic heterocycles. The third-order valence-electron chi connectivity index (χ3n) is 3.82. The Morgan fingerprint density at radius 3 is 2.43 bits per heavy atom. The molecule has 0 spiro atoms. The Kier molecular flexibility index (Phi) is 6.18. The zero-order valence-corrected chi connectivity index (χ0v) is 15.3. The van der Waals surface area contributed by atoms with Crippen molar-refractivity contribution in [3.63, 3.8) is 0 Å². The number of alkyl carbamates (subject to hydrolysis) is 1. The van der Waals surface area contributed by atoms with Crippen molar-refractivity contribution in [2.24, 2.45) is 0 Å². The standard InChI is InChI=1S/C17H24Cl2N2O2/c1-17(2,3)23-16(22)21-15-9-5-8-14(15)20-10-11-12(18)6-4-7-13(11)19/h4,6-7,14-15,20H,5,8-10H2,1-3H3,(H,21,22). The minimum Gasteiger partial charge on any atom is -0.444 e. The van der Waals surface area contributed by atoms with E-state index in [1.54, 1.807) is 0 Å². The molecule has 1 aliphatic carbocycles. The summed E-state index contributed by atoms with van der Waals surface area (Å²) in [5.74, 6) is 0. The highest BCUT2D eigenvalue weighted by atomic mass is 35.5. The molecular formula is C17H24Cl2N2O2. The lowest BCUT2D eigenvalue weighted by Gasteiger charge is -2.25. The summed E-state index contributed by atoms with van der Waals surface area (Å²) < 4.78 is 5.33. The third kappa shape index (κ3) is 5.55. The van der Waals surface area contributed by atoms with Gasteiger partial charge >= 0.3 is 6.09 Å². The number of halogens is 2. The first-order chi connectivity index (χ1) is 10.8. The maximum atomic E-state index is 11.9. The molecule has 128 valence electrons. The van der Waals surface area contributed by atoms with Gasteiger partial charge in [-0.05, 0) is 52.2 Å². The smallest absolute Gasteiger partial charge is 0.407 e. The molecule has 4 nitrogen and oxygen atoms in total. The summed E-state index contributed by atoms with van der Waals surface area (Å²) in [5.41, 5.74) is 0.398. The van der Waals surface area contributed by atoms with E-state index in [1.165, 1.54) is 0 Å². The fraction of sp³-hybridized carbons (Fsp3) is 0.588. The molecule has 2 atom stereocenters. The molecular weight excluding hydrogens is 335 g/mol. The van der Waals surface area contributed by atoms with Crippen LogP contribution in [0.3, 0.4) is 0 Å². The predicted molar refractivity (Wildman–Crippen MR) is 94.1 cm³/mol. The van der Waals surface area contributed by atoms with E-state index in [0.29, 0.717) is 16.6 Å². The van der Waals surface area contributed by atoms with Gasteiger partial charge in [-0.25, -0.2) is 4.79 Å². The molecule has 0 saturated heterocycles. The Balaban J connectivity index is 1.91. The Labute approximate surface area is 147 Å². The van der Waals surface area contributed by atoms with Gasteiger partial charge in [-0.3, -0.25) is 0 Å². The fourth-order valence-corrected chi connectivity index (χ4v) is 3.30. The summed E-state index contributed by atoms with van der Waals surface area (Å²) >= 11 is 12.4. The normalized spacial score (nSPS) is 21.3. The van der Waals surface area contributed by atoms with Gasteiger partial charge in [0.25, 0.3) is 0 Å². The molecule has 1 amide bonds. The first-order valence-corrected chi connectivity index (χ1v) is 8.67. The van der Waals surface area contributed by atoms with E-state index in [2.05, 4.69) is 10.6 Å². The Morgan fingerprint density at radius 1 is 1.22 bits per heavy atom. The van der Waals surface area contributed by atoms with Crippen molar-refractivity contribution in [3.8, 4) is 0 Å². The molecule has 6 heteroatoms. The highest BCUT2D eigenvalue weighted by molar-refractivity contribution is 6.35. The van der Waals surface area contributed by atoms with E-state index in [0.717, 1.165) is 24.8 Å². The minimum atomic E-state index is -0.489. The van der Waals surface area contributed by atoms with Crippen LogP contribution in [0.5, 0.6) is 0 Å². The van der Waals surface area contributed by atoms with Crippen molar-refractivity contribution in [1.82, 2.24) is 10.6 Å². The molecule has 1 aromatic rings. The number of carbonyl (C=O) groups excluding carboxylic acids is 1. The molecule has 2 rings (SSSR count). The van der Waals surface area contributed by atoms with Crippen LogP contribution in [0.4, 0.5) is 4.79 Å². The SMILES string of the molecule is CC(C)(C)OC(=O)NC1CCCC1NCc1c(Cl)cccc1Cl. The van der Waals surface area contributed by atoms with Gasteiger partial charge in [0, 0.05) is 34.2 Å². The second-order valence-corrected chi connectivity index (χ2v) is 7.69. The molecule has 0 bridgehead atoms. The largest absolute Gasteiger partial charge is 0.444 e. The predicted octanol–water partition coefficient (Wildman–Crippen LogP) is 4.53. The number of benzene rings is 1. The van der Waals surface area contributed by atoms with E-state index in [4.69, 9.17) is 27.9 Å². The quantitative estimate of drug-likeness (QED) is 0.831. The van der Waals surface area contributed by atoms with Crippen LogP contribution < -0.4 is 10.6 Å². The highest BCUT2D eigenvalue weighted by Gasteiger charge is 2.30. The Morgan fingerprint density at radius 2 is 1.83 bits per heavy atom. The lowest BCUT2D eigenvalue weighted by Crippen LogP contribution is -2.47. The Hall–Kier alpha value is -0.970. The Bertz CT molecular complexity index is 538. The van der Waals surface area contributed by atoms with Crippen molar-refractivity contribution < 1.29 is 9.53 Å². The van der Waals surface area contributed by atoms with Crippen LogP contribution >= 0.6 is 23.2 Å². The van der Waals surface area contributed by atoms with Crippen molar-refractivity contribution in [2.75, 3.05) is 0 Å². The maximum absolute atomic E-state index is 11.9. The molecule has 1 saturated carbocycles. The minimum absolute atomic E-state index is 0.0612. The molecule has 1 aromatic carbocycles.